The normalized spacial score (nSPS) is 21.2. The largest absolute Gasteiger partial charge is 0.398 e. The lowest BCUT2D eigenvalue weighted by atomic mass is 9.91. The Morgan fingerprint density at radius 2 is 1.72 bits per heavy atom. The number of morpholine rings is 1. The molecule has 2 atom stereocenters. The number of fused-ring (bicyclic) bond motifs is 2. The summed E-state index contributed by atoms with van der Waals surface area (Å²) in [5, 5.41) is 22.4. The van der Waals surface area contributed by atoms with E-state index in [1.807, 2.05) is 42.5 Å². The van der Waals surface area contributed by atoms with Gasteiger partial charge in [0.2, 0.25) is 0 Å². The summed E-state index contributed by atoms with van der Waals surface area (Å²) >= 11 is 6.19. The Kier molecular flexibility index (Phi) is 6.96. The minimum Gasteiger partial charge on any atom is -0.398 e. The number of nitrogen functional groups attached to an aromatic ring is 1. The minimum absolute atomic E-state index is 0.148. The first-order valence-corrected chi connectivity index (χ1v) is 12.4. The third kappa shape index (κ3) is 4.95. The van der Waals surface area contributed by atoms with Gasteiger partial charge < -0.3 is 25.8 Å². The van der Waals surface area contributed by atoms with Gasteiger partial charge in [0.1, 0.15) is 0 Å². The van der Waals surface area contributed by atoms with E-state index in [9.17, 15) is 9.90 Å². The number of hydrogen-bond donors (Lipinski definition) is 4. The average molecular weight is 505 g/mol. The molecule has 0 aliphatic carbocycles. The molecule has 3 aromatic carbocycles. The van der Waals surface area contributed by atoms with Crippen LogP contribution in [0, 0.1) is 5.41 Å². The van der Waals surface area contributed by atoms with Gasteiger partial charge in [0.05, 0.1) is 37.1 Å². The molecule has 2 unspecified atom stereocenters. The van der Waals surface area contributed by atoms with Crippen molar-refractivity contribution in [2.45, 2.75) is 37.6 Å². The summed E-state index contributed by atoms with van der Waals surface area (Å²) < 4.78 is 5.71. The molecule has 5 N–H and O–H groups in total. The number of anilines is 2. The van der Waals surface area contributed by atoms with E-state index in [2.05, 4.69) is 10.2 Å². The predicted octanol–water partition coefficient (Wildman–Crippen LogP) is 4.00. The van der Waals surface area contributed by atoms with Crippen molar-refractivity contribution in [1.82, 2.24) is 5.32 Å². The van der Waals surface area contributed by atoms with Crippen molar-refractivity contribution in [2.24, 2.45) is 0 Å². The van der Waals surface area contributed by atoms with Crippen LogP contribution < -0.4 is 16.0 Å². The van der Waals surface area contributed by atoms with Crippen molar-refractivity contribution in [3.05, 3.63) is 94.0 Å². The number of rotatable bonds is 6. The minimum atomic E-state index is -0.287. The van der Waals surface area contributed by atoms with Crippen molar-refractivity contribution in [1.29, 1.82) is 5.41 Å². The van der Waals surface area contributed by atoms with Crippen molar-refractivity contribution >= 4 is 34.6 Å². The van der Waals surface area contributed by atoms with E-state index in [0.717, 1.165) is 11.3 Å². The van der Waals surface area contributed by atoms with E-state index in [-0.39, 0.29) is 29.8 Å². The molecule has 0 aromatic heterocycles. The number of nitrogens with one attached hydrogen (secondary N) is 2. The van der Waals surface area contributed by atoms with Gasteiger partial charge in [-0.2, -0.15) is 0 Å². The standard InChI is InChI=1S/C28H29ClN4O3/c29-25-4-2-1-3-19(25)14-32-28(35)18-7-10-26(30)24(11-18)27(31)17-5-8-20(9-6-17)33-21-12-23(34)13-22(33)16-36-15-21/h1-11,21-23,31,34H,12-16,30H2,(H,32,35). The Morgan fingerprint density at radius 1 is 1.06 bits per heavy atom. The highest BCUT2D eigenvalue weighted by molar-refractivity contribution is 6.31. The van der Waals surface area contributed by atoms with Gasteiger partial charge in [0, 0.05) is 39.6 Å². The molecule has 2 saturated heterocycles. The molecule has 5 rings (SSSR count). The lowest BCUT2D eigenvalue weighted by Gasteiger charge is -2.48. The zero-order valence-electron chi connectivity index (χ0n) is 19.8. The van der Waals surface area contributed by atoms with Crippen LogP contribution in [0.2, 0.25) is 5.02 Å². The van der Waals surface area contributed by atoms with Gasteiger partial charge >= 0.3 is 0 Å². The molecule has 0 saturated carbocycles. The van der Waals surface area contributed by atoms with Gasteiger partial charge in [0.25, 0.3) is 5.91 Å². The van der Waals surface area contributed by atoms with Crippen LogP contribution in [0.15, 0.2) is 66.7 Å². The van der Waals surface area contributed by atoms with Crippen LogP contribution in [0.1, 0.15) is 39.9 Å². The maximum atomic E-state index is 12.8. The molecule has 0 spiro atoms. The fraction of sp³-hybridized carbons (Fsp3) is 0.286. The molecule has 2 aliphatic rings. The molecular weight excluding hydrogens is 476 g/mol. The van der Waals surface area contributed by atoms with Crippen LogP contribution >= 0.6 is 11.6 Å². The molecule has 7 nitrogen and oxygen atoms in total. The topological polar surface area (TPSA) is 112 Å². The number of aliphatic hydroxyl groups excluding tert-OH is 1. The highest BCUT2D eigenvalue weighted by Crippen LogP contribution is 2.33. The van der Waals surface area contributed by atoms with E-state index in [0.29, 0.717) is 60.0 Å². The third-order valence-electron chi connectivity index (χ3n) is 6.93. The lowest BCUT2D eigenvalue weighted by Crippen LogP contribution is -2.58. The quantitative estimate of drug-likeness (QED) is 0.299. The van der Waals surface area contributed by atoms with Crippen molar-refractivity contribution in [2.75, 3.05) is 23.8 Å². The summed E-state index contributed by atoms with van der Waals surface area (Å²) in [7, 11) is 0. The van der Waals surface area contributed by atoms with Gasteiger partial charge in [-0.1, -0.05) is 41.9 Å². The maximum Gasteiger partial charge on any atom is 0.251 e. The molecule has 0 radical (unpaired) electrons. The average Bonchev–Trinajstić information content (AvgIpc) is 2.87. The Hall–Kier alpha value is -3.39. The highest BCUT2D eigenvalue weighted by atomic mass is 35.5. The molecule has 2 fully saturated rings. The molecule has 1 amide bonds. The molecule has 2 aliphatic heterocycles. The van der Waals surface area contributed by atoms with Crippen LogP contribution in [-0.2, 0) is 11.3 Å². The van der Waals surface area contributed by atoms with Gasteiger partial charge in [0.15, 0.2) is 0 Å². The van der Waals surface area contributed by atoms with Crippen LogP contribution in [0.25, 0.3) is 0 Å². The molecule has 8 heteroatoms. The summed E-state index contributed by atoms with van der Waals surface area (Å²) in [5.74, 6) is -0.264. The van der Waals surface area contributed by atoms with Crippen molar-refractivity contribution < 1.29 is 14.6 Å². The summed E-state index contributed by atoms with van der Waals surface area (Å²) in [6.45, 7) is 1.51. The maximum absolute atomic E-state index is 12.8. The summed E-state index contributed by atoms with van der Waals surface area (Å²) in [6.07, 6.45) is 1.09. The Labute approximate surface area is 215 Å². The number of halogens is 1. The fourth-order valence-electron chi connectivity index (χ4n) is 5.10. The Morgan fingerprint density at radius 3 is 2.42 bits per heavy atom. The number of carbonyl (C=O) groups excluding carboxylic acids is 1. The Balaban J connectivity index is 1.31. The number of nitrogens with two attached hydrogens (primary N) is 1. The van der Waals surface area contributed by atoms with E-state index >= 15 is 0 Å². The SMILES string of the molecule is N=C(c1ccc(N2C3COCC2CC(O)C3)cc1)c1cc(C(=O)NCc2ccccc2Cl)ccc1N. The van der Waals surface area contributed by atoms with E-state index in [1.165, 1.54) is 0 Å². The van der Waals surface area contributed by atoms with E-state index < -0.39 is 0 Å². The fourth-order valence-corrected chi connectivity index (χ4v) is 5.30. The number of amides is 1. The summed E-state index contributed by atoms with van der Waals surface area (Å²) in [6, 6.07) is 20.4. The van der Waals surface area contributed by atoms with Crippen LogP contribution in [0.4, 0.5) is 11.4 Å². The summed E-state index contributed by atoms with van der Waals surface area (Å²) in [5.41, 5.74) is 10.4. The second-order valence-corrected chi connectivity index (χ2v) is 9.78. The van der Waals surface area contributed by atoms with Crippen molar-refractivity contribution in [3.8, 4) is 0 Å². The number of benzene rings is 3. The van der Waals surface area contributed by atoms with Crippen LogP contribution in [-0.4, -0.2) is 48.1 Å². The lowest BCUT2D eigenvalue weighted by molar-refractivity contribution is 0.00124. The first kappa shape index (κ1) is 24.3. The van der Waals surface area contributed by atoms with Crippen molar-refractivity contribution in [3.63, 3.8) is 0 Å². The molecule has 3 aromatic rings. The zero-order chi connectivity index (χ0) is 25.2. The number of nitrogens with zero attached hydrogens (tertiary/aromatic N) is 1. The first-order valence-electron chi connectivity index (χ1n) is 12.1. The van der Waals surface area contributed by atoms with Gasteiger partial charge in [-0.15, -0.1) is 0 Å². The smallest absolute Gasteiger partial charge is 0.251 e. The first-order chi connectivity index (χ1) is 17.4. The number of ether oxygens (including phenoxy) is 1. The van der Waals surface area contributed by atoms with Crippen LogP contribution in [0.5, 0.6) is 0 Å². The molecular formula is C28H29ClN4O3. The second kappa shape index (κ2) is 10.3. The zero-order valence-corrected chi connectivity index (χ0v) is 20.5. The van der Waals surface area contributed by atoms with E-state index in [1.54, 1.807) is 24.3 Å². The van der Waals surface area contributed by atoms with Crippen LogP contribution in [0.3, 0.4) is 0 Å². The number of carbonyl (C=O) groups is 1. The van der Waals surface area contributed by atoms with Gasteiger partial charge in [-0.25, -0.2) is 0 Å². The molecule has 36 heavy (non-hydrogen) atoms. The number of aliphatic hydroxyl groups is 1. The van der Waals surface area contributed by atoms with E-state index in [4.69, 9.17) is 27.5 Å². The number of piperidine rings is 1. The monoisotopic (exact) mass is 504 g/mol. The number of hydrogen-bond acceptors (Lipinski definition) is 6. The second-order valence-electron chi connectivity index (χ2n) is 9.38. The molecule has 2 heterocycles. The highest BCUT2D eigenvalue weighted by Gasteiger charge is 2.38. The Bertz CT molecular complexity index is 1270. The summed E-state index contributed by atoms with van der Waals surface area (Å²) in [4.78, 5) is 15.1. The van der Waals surface area contributed by atoms with Gasteiger partial charge in [-0.05, 0) is 54.8 Å². The van der Waals surface area contributed by atoms with Gasteiger partial charge in [-0.3, -0.25) is 10.2 Å². The molecule has 2 bridgehead atoms. The third-order valence-corrected chi connectivity index (χ3v) is 7.30. The predicted molar refractivity (Wildman–Crippen MR) is 142 cm³/mol. The molecule has 186 valence electrons.